The van der Waals surface area contributed by atoms with Gasteiger partial charge in [-0.3, -0.25) is 14.5 Å². The summed E-state index contributed by atoms with van der Waals surface area (Å²) in [6.07, 6.45) is 0. The van der Waals surface area contributed by atoms with E-state index in [9.17, 15) is 19.5 Å². The molecule has 144 valence electrons. The van der Waals surface area contributed by atoms with Crippen LogP contribution in [-0.2, 0) is 24.7 Å². The Morgan fingerprint density at radius 3 is 2.32 bits per heavy atom. The van der Waals surface area contributed by atoms with Crippen molar-refractivity contribution in [3.63, 3.8) is 0 Å². The smallest absolute Gasteiger partial charge is 0.373 e. The van der Waals surface area contributed by atoms with Crippen LogP contribution in [0, 0.1) is 11.8 Å². The predicted molar refractivity (Wildman–Crippen MR) is 97.7 cm³/mol. The van der Waals surface area contributed by atoms with Crippen LogP contribution < -0.4 is 5.32 Å². The lowest BCUT2D eigenvalue weighted by molar-refractivity contribution is -0.742. The second-order valence-electron chi connectivity index (χ2n) is 7.25. The fourth-order valence-corrected chi connectivity index (χ4v) is 4.64. The normalized spacial score (nSPS) is 29.1. The SMILES string of the molecule is COC(=O)[C@]1(c2ccccc2)[NH2+][C@@H](c2ccc(O)cc2)[C@H]2C(=O)N(C)C(=O)[C@H]21. The van der Waals surface area contributed by atoms with Crippen molar-refractivity contribution < 1.29 is 29.5 Å². The van der Waals surface area contributed by atoms with E-state index in [2.05, 4.69) is 0 Å². The van der Waals surface area contributed by atoms with Crippen molar-refractivity contribution >= 4 is 17.8 Å². The lowest BCUT2D eigenvalue weighted by Gasteiger charge is -2.29. The van der Waals surface area contributed by atoms with Gasteiger partial charge in [0.05, 0.1) is 7.11 Å². The second-order valence-corrected chi connectivity index (χ2v) is 7.25. The van der Waals surface area contributed by atoms with Crippen LogP contribution >= 0.6 is 0 Å². The maximum atomic E-state index is 13.1. The van der Waals surface area contributed by atoms with Crippen molar-refractivity contribution in [1.29, 1.82) is 0 Å². The molecule has 0 aliphatic carbocycles. The number of esters is 1. The topological polar surface area (TPSA) is 101 Å². The number of hydrogen-bond acceptors (Lipinski definition) is 5. The Bertz CT molecular complexity index is 943. The van der Waals surface area contributed by atoms with Gasteiger partial charge in [-0.25, -0.2) is 4.79 Å². The molecule has 2 aromatic carbocycles. The van der Waals surface area contributed by atoms with E-state index in [4.69, 9.17) is 4.74 Å². The van der Waals surface area contributed by atoms with E-state index in [0.29, 0.717) is 5.56 Å². The molecule has 28 heavy (non-hydrogen) atoms. The number of quaternary nitrogens is 1. The Morgan fingerprint density at radius 1 is 1.07 bits per heavy atom. The summed E-state index contributed by atoms with van der Waals surface area (Å²) in [5.41, 5.74) is 0.0151. The molecule has 2 heterocycles. The van der Waals surface area contributed by atoms with E-state index in [1.165, 1.54) is 26.3 Å². The summed E-state index contributed by atoms with van der Waals surface area (Å²) in [5.74, 6) is -2.74. The number of rotatable bonds is 3. The summed E-state index contributed by atoms with van der Waals surface area (Å²) < 4.78 is 5.13. The highest BCUT2D eigenvalue weighted by atomic mass is 16.5. The van der Waals surface area contributed by atoms with Gasteiger partial charge in [-0.15, -0.1) is 0 Å². The number of phenols is 1. The molecule has 2 amide bonds. The van der Waals surface area contributed by atoms with Gasteiger partial charge in [0.15, 0.2) is 0 Å². The van der Waals surface area contributed by atoms with E-state index in [0.717, 1.165) is 10.5 Å². The number of imide groups is 1. The van der Waals surface area contributed by atoms with Crippen molar-refractivity contribution in [2.24, 2.45) is 11.8 Å². The molecule has 3 N–H and O–H groups in total. The van der Waals surface area contributed by atoms with Gasteiger partial charge in [-0.2, -0.15) is 0 Å². The number of likely N-dealkylation sites (tertiary alicyclic amines) is 1. The Kier molecular flexibility index (Phi) is 4.19. The highest BCUT2D eigenvalue weighted by molar-refractivity contribution is 6.08. The third kappa shape index (κ3) is 2.36. The van der Waals surface area contributed by atoms with Crippen LogP contribution in [0.25, 0.3) is 0 Å². The number of aromatic hydroxyl groups is 1. The number of nitrogens with two attached hydrogens (primary N) is 1. The highest BCUT2D eigenvalue weighted by Gasteiger charge is 2.72. The molecule has 4 atom stereocenters. The molecule has 4 rings (SSSR count). The molecule has 0 unspecified atom stereocenters. The van der Waals surface area contributed by atoms with Gasteiger partial charge in [0.1, 0.15) is 23.6 Å². The van der Waals surface area contributed by atoms with Gasteiger partial charge in [-0.05, 0) is 24.3 Å². The zero-order valence-corrected chi connectivity index (χ0v) is 15.5. The molecular weight excluding hydrogens is 360 g/mol. The van der Waals surface area contributed by atoms with Crippen LogP contribution in [0.5, 0.6) is 5.75 Å². The zero-order chi connectivity index (χ0) is 20.1. The summed E-state index contributed by atoms with van der Waals surface area (Å²) in [5, 5.41) is 11.4. The number of benzene rings is 2. The lowest BCUT2D eigenvalue weighted by Crippen LogP contribution is -2.96. The first-order chi connectivity index (χ1) is 13.4. The van der Waals surface area contributed by atoms with E-state index in [-0.39, 0.29) is 17.6 Å². The molecule has 2 aliphatic heterocycles. The molecule has 0 radical (unpaired) electrons. The first-order valence-electron chi connectivity index (χ1n) is 9.02. The van der Waals surface area contributed by atoms with Gasteiger partial charge < -0.3 is 15.2 Å². The van der Waals surface area contributed by atoms with Crippen molar-refractivity contribution in [2.75, 3.05) is 14.2 Å². The fraction of sp³-hybridized carbons (Fsp3) is 0.286. The summed E-state index contributed by atoms with van der Waals surface area (Å²) in [4.78, 5) is 40.2. The molecule has 0 saturated carbocycles. The number of fused-ring (bicyclic) bond motifs is 1. The second kappa shape index (κ2) is 6.45. The van der Waals surface area contributed by atoms with Crippen LogP contribution in [0.3, 0.4) is 0 Å². The van der Waals surface area contributed by atoms with E-state index in [1.807, 2.05) is 6.07 Å². The molecule has 0 bridgehead atoms. The Morgan fingerprint density at radius 2 is 1.71 bits per heavy atom. The minimum absolute atomic E-state index is 0.103. The molecule has 2 saturated heterocycles. The third-order valence-corrected chi connectivity index (χ3v) is 5.94. The van der Waals surface area contributed by atoms with Crippen LogP contribution in [-0.4, -0.2) is 41.9 Å². The maximum absolute atomic E-state index is 13.1. The lowest BCUT2D eigenvalue weighted by atomic mass is 9.75. The van der Waals surface area contributed by atoms with E-state index >= 15 is 0 Å². The quantitative estimate of drug-likeness (QED) is 0.589. The number of carbonyl (C=O) groups is 3. The minimum atomic E-state index is -1.36. The highest BCUT2D eigenvalue weighted by Crippen LogP contribution is 2.48. The first-order valence-corrected chi connectivity index (χ1v) is 9.02. The van der Waals surface area contributed by atoms with E-state index < -0.39 is 29.4 Å². The average molecular weight is 381 g/mol. The molecule has 2 aromatic rings. The van der Waals surface area contributed by atoms with E-state index in [1.54, 1.807) is 41.7 Å². The number of hydrogen-bond donors (Lipinski definition) is 2. The van der Waals surface area contributed by atoms with Gasteiger partial charge in [-0.1, -0.05) is 30.3 Å². The van der Waals surface area contributed by atoms with Crippen molar-refractivity contribution in [2.45, 2.75) is 11.6 Å². The molecule has 2 aliphatic rings. The summed E-state index contributed by atoms with van der Waals surface area (Å²) in [7, 11) is 2.73. The van der Waals surface area contributed by atoms with Gasteiger partial charge >= 0.3 is 5.97 Å². The number of carbonyl (C=O) groups excluding carboxylic acids is 3. The van der Waals surface area contributed by atoms with Gasteiger partial charge in [0, 0.05) is 18.2 Å². The van der Waals surface area contributed by atoms with Crippen LogP contribution in [0.1, 0.15) is 17.2 Å². The molecule has 7 heteroatoms. The van der Waals surface area contributed by atoms with Crippen LogP contribution in [0.15, 0.2) is 54.6 Å². The standard InChI is InChI=1S/C21H20N2O5/c1-23-18(25)15-16(19(23)26)21(20(27)28-2,13-6-4-3-5-7-13)22-17(15)12-8-10-14(24)11-9-12/h3-11,15-17,22,24H,1-2H3/p+1/t15-,16-,17-,21+/m0/s1. The van der Waals surface area contributed by atoms with Crippen LogP contribution in [0.4, 0.5) is 0 Å². The minimum Gasteiger partial charge on any atom is -0.508 e. The molecule has 0 aromatic heterocycles. The average Bonchev–Trinajstić information content (AvgIpc) is 3.19. The maximum Gasteiger partial charge on any atom is 0.373 e. The summed E-state index contributed by atoms with van der Waals surface area (Å²) in [6, 6.07) is 15.0. The van der Waals surface area contributed by atoms with Gasteiger partial charge in [0.2, 0.25) is 17.4 Å². The van der Waals surface area contributed by atoms with Gasteiger partial charge in [0.25, 0.3) is 0 Å². The van der Waals surface area contributed by atoms with Crippen molar-refractivity contribution in [3.8, 4) is 5.75 Å². The Balaban J connectivity index is 1.94. The first kappa shape index (κ1) is 18.2. The van der Waals surface area contributed by atoms with Crippen LogP contribution in [0.2, 0.25) is 0 Å². The third-order valence-electron chi connectivity index (χ3n) is 5.94. The number of nitrogens with zero attached hydrogens (tertiary/aromatic N) is 1. The monoisotopic (exact) mass is 381 g/mol. The largest absolute Gasteiger partial charge is 0.508 e. The molecular formula is C21H21N2O5+. The summed E-state index contributed by atoms with van der Waals surface area (Å²) in [6.45, 7) is 0. The summed E-state index contributed by atoms with van der Waals surface area (Å²) >= 11 is 0. The predicted octanol–water partition coefficient (Wildman–Crippen LogP) is 0.310. The van der Waals surface area contributed by atoms with Crippen molar-refractivity contribution in [1.82, 2.24) is 4.90 Å². The number of phenolic OH excluding ortho intramolecular Hbond substituents is 1. The number of methoxy groups -OCH3 is 1. The fourth-order valence-electron chi connectivity index (χ4n) is 4.64. The number of amides is 2. The Labute approximate surface area is 161 Å². The molecule has 2 fully saturated rings. The zero-order valence-electron chi connectivity index (χ0n) is 15.5. The molecule has 0 spiro atoms. The Hall–Kier alpha value is -3.19. The number of ether oxygens (including phenoxy) is 1. The van der Waals surface area contributed by atoms with Crippen molar-refractivity contribution in [3.05, 3.63) is 65.7 Å². The molecule has 7 nitrogen and oxygen atoms in total.